The van der Waals surface area contributed by atoms with Crippen LogP contribution in [0.25, 0.3) is 0 Å². The lowest BCUT2D eigenvalue weighted by Gasteiger charge is -2.19. The molecule has 1 saturated carbocycles. The summed E-state index contributed by atoms with van der Waals surface area (Å²) >= 11 is 3.51. The zero-order valence-electron chi connectivity index (χ0n) is 8.27. The Labute approximate surface area is 92.9 Å². The number of nitrogens with one attached hydrogen (secondary N) is 1. The topological polar surface area (TPSA) is 37.8 Å². The van der Waals surface area contributed by atoms with Crippen LogP contribution in [0.4, 0.5) is 5.13 Å². The molecule has 0 amide bonds. The van der Waals surface area contributed by atoms with Crippen LogP contribution in [0.1, 0.15) is 26.2 Å². The number of anilines is 1. The summed E-state index contributed by atoms with van der Waals surface area (Å²) in [7, 11) is 0. The van der Waals surface area contributed by atoms with Gasteiger partial charge in [0.05, 0.1) is 0 Å². The minimum atomic E-state index is 0.605. The van der Waals surface area contributed by atoms with Gasteiger partial charge in [-0.05, 0) is 18.6 Å². The maximum Gasteiger partial charge on any atom is 0.202 e. The van der Waals surface area contributed by atoms with Crippen LogP contribution in [0.15, 0.2) is 6.33 Å². The molecule has 1 fully saturated rings. The predicted molar refractivity (Wildman–Crippen MR) is 63.1 cm³/mol. The molecule has 1 aliphatic rings. The largest absolute Gasteiger partial charge is 0.356 e. The minimum absolute atomic E-state index is 0.605. The number of hydrogen-bond donors (Lipinski definition) is 1. The highest BCUT2D eigenvalue weighted by atomic mass is 32.2. The smallest absolute Gasteiger partial charge is 0.202 e. The Morgan fingerprint density at radius 1 is 1.64 bits per heavy atom. The summed E-state index contributed by atoms with van der Waals surface area (Å²) in [5, 5.41) is 5.22. The van der Waals surface area contributed by atoms with Gasteiger partial charge in [-0.15, -0.1) is 0 Å². The molecule has 1 aliphatic carbocycles. The minimum Gasteiger partial charge on any atom is -0.356 e. The molecule has 1 heterocycles. The second-order valence-corrected chi connectivity index (χ2v) is 5.72. The lowest BCUT2D eigenvalue weighted by Crippen LogP contribution is -2.25. The first-order valence-corrected chi connectivity index (χ1v) is 6.87. The summed E-state index contributed by atoms with van der Waals surface area (Å²) < 4.78 is 4.00. The molecule has 2 rings (SSSR count). The molecular formula is C9H15N3S2. The van der Waals surface area contributed by atoms with E-state index in [9.17, 15) is 0 Å². The van der Waals surface area contributed by atoms with Gasteiger partial charge in [-0.3, -0.25) is 0 Å². The van der Waals surface area contributed by atoms with Crippen molar-refractivity contribution in [3.8, 4) is 0 Å². The van der Waals surface area contributed by atoms with Gasteiger partial charge in [0.2, 0.25) is 5.13 Å². The van der Waals surface area contributed by atoms with Crippen molar-refractivity contribution >= 4 is 28.4 Å². The second kappa shape index (κ2) is 4.98. The van der Waals surface area contributed by atoms with Gasteiger partial charge < -0.3 is 5.32 Å². The Kier molecular flexibility index (Phi) is 3.64. The Bertz CT molecular complexity index is 263. The fraction of sp³-hybridized carbons (Fsp3) is 0.778. The molecule has 5 heteroatoms. The number of hydrogen-bond acceptors (Lipinski definition) is 5. The summed E-state index contributed by atoms with van der Waals surface area (Å²) in [6.07, 6.45) is 5.57. The van der Waals surface area contributed by atoms with Gasteiger partial charge in [0.1, 0.15) is 6.33 Å². The highest BCUT2D eigenvalue weighted by Gasteiger charge is 2.27. The van der Waals surface area contributed by atoms with Crippen molar-refractivity contribution in [3.05, 3.63) is 6.33 Å². The third-order valence-electron chi connectivity index (χ3n) is 2.50. The van der Waals surface area contributed by atoms with Gasteiger partial charge in [0.25, 0.3) is 0 Å². The van der Waals surface area contributed by atoms with Gasteiger partial charge in [0.15, 0.2) is 0 Å². The molecule has 3 nitrogen and oxygen atoms in total. The molecule has 2 atom stereocenters. The quantitative estimate of drug-likeness (QED) is 0.861. The summed E-state index contributed by atoms with van der Waals surface area (Å²) in [4.78, 5) is 4.16. The van der Waals surface area contributed by atoms with Gasteiger partial charge in [0, 0.05) is 22.8 Å². The van der Waals surface area contributed by atoms with Crippen molar-refractivity contribution < 1.29 is 0 Å². The normalized spacial score (nSPS) is 26.6. The molecular weight excluding hydrogens is 214 g/mol. The van der Waals surface area contributed by atoms with E-state index in [2.05, 4.69) is 33.4 Å². The molecule has 0 aliphatic heterocycles. The lowest BCUT2D eigenvalue weighted by molar-refractivity contribution is 0.766. The molecule has 1 aromatic heterocycles. The van der Waals surface area contributed by atoms with Crippen LogP contribution in [0.3, 0.4) is 0 Å². The van der Waals surface area contributed by atoms with E-state index in [1.165, 1.54) is 36.5 Å². The number of aromatic nitrogens is 2. The van der Waals surface area contributed by atoms with Gasteiger partial charge >= 0.3 is 0 Å². The average molecular weight is 229 g/mol. The maximum absolute atomic E-state index is 4.16. The van der Waals surface area contributed by atoms with E-state index in [1.54, 1.807) is 6.33 Å². The molecule has 78 valence electrons. The van der Waals surface area contributed by atoms with Crippen molar-refractivity contribution in [1.82, 2.24) is 9.36 Å². The van der Waals surface area contributed by atoms with E-state index >= 15 is 0 Å². The summed E-state index contributed by atoms with van der Waals surface area (Å²) in [6, 6.07) is 0.605. The van der Waals surface area contributed by atoms with E-state index in [0.717, 1.165) is 10.4 Å². The SMILES string of the molecule is CCSC1CCCC1Nc1ncns1. The maximum atomic E-state index is 4.16. The first-order chi connectivity index (χ1) is 6.90. The van der Waals surface area contributed by atoms with E-state index in [0.29, 0.717) is 6.04 Å². The van der Waals surface area contributed by atoms with Crippen molar-refractivity contribution in [1.29, 1.82) is 0 Å². The van der Waals surface area contributed by atoms with Gasteiger partial charge in [-0.25, -0.2) is 4.98 Å². The molecule has 0 aromatic carbocycles. The Hall–Kier alpha value is -0.290. The first-order valence-electron chi connectivity index (χ1n) is 5.05. The van der Waals surface area contributed by atoms with Crippen LogP contribution in [0.5, 0.6) is 0 Å². The number of rotatable bonds is 4. The molecule has 2 unspecified atom stereocenters. The average Bonchev–Trinajstić information content (AvgIpc) is 2.80. The van der Waals surface area contributed by atoms with Crippen LogP contribution >= 0.6 is 23.3 Å². The number of thioether (sulfide) groups is 1. The summed E-state index contributed by atoms with van der Waals surface area (Å²) in [6.45, 7) is 2.23. The molecule has 1 N–H and O–H groups in total. The predicted octanol–water partition coefficient (Wildman–Crippen LogP) is 2.62. The lowest BCUT2D eigenvalue weighted by atomic mass is 10.2. The summed E-state index contributed by atoms with van der Waals surface area (Å²) in [5.41, 5.74) is 0. The molecule has 0 radical (unpaired) electrons. The highest BCUT2D eigenvalue weighted by molar-refractivity contribution is 7.99. The van der Waals surface area contributed by atoms with Crippen molar-refractivity contribution in [3.63, 3.8) is 0 Å². The van der Waals surface area contributed by atoms with E-state index in [-0.39, 0.29) is 0 Å². The van der Waals surface area contributed by atoms with E-state index in [4.69, 9.17) is 0 Å². The second-order valence-electron chi connectivity index (χ2n) is 3.42. The highest BCUT2D eigenvalue weighted by Crippen LogP contribution is 2.32. The van der Waals surface area contributed by atoms with Crippen LogP contribution < -0.4 is 5.32 Å². The third-order valence-corrected chi connectivity index (χ3v) is 4.43. The molecule has 14 heavy (non-hydrogen) atoms. The first kappa shape index (κ1) is 10.2. The monoisotopic (exact) mass is 229 g/mol. The fourth-order valence-corrected chi connectivity index (χ4v) is 3.59. The number of nitrogens with zero attached hydrogens (tertiary/aromatic N) is 2. The summed E-state index contributed by atoms with van der Waals surface area (Å²) in [5.74, 6) is 1.21. The Morgan fingerprint density at radius 3 is 3.29 bits per heavy atom. The van der Waals surface area contributed by atoms with Crippen molar-refractivity contribution in [2.24, 2.45) is 0 Å². The van der Waals surface area contributed by atoms with Crippen LogP contribution in [0.2, 0.25) is 0 Å². The third kappa shape index (κ3) is 2.39. The molecule has 0 bridgehead atoms. The zero-order chi connectivity index (χ0) is 9.80. The zero-order valence-corrected chi connectivity index (χ0v) is 9.90. The van der Waals surface area contributed by atoms with E-state index in [1.807, 2.05) is 0 Å². The van der Waals surface area contributed by atoms with Crippen LogP contribution in [0, 0.1) is 0 Å². The fourth-order valence-electron chi connectivity index (χ4n) is 1.90. The standard InChI is InChI=1S/C9H15N3S2/c1-2-13-8-5-3-4-7(8)12-9-10-6-11-14-9/h6-8H,2-5H2,1H3,(H,10,11,12). The molecule has 0 saturated heterocycles. The Balaban J connectivity index is 1.90. The van der Waals surface area contributed by atoms with E-state index < -0.39 is 0 Å². The van der Waals surface area contributed by atoms with Gasteiger partial charge in [-0.2, -0.15) is 16.1 Å². The van der Waals surface area contributed by atoms with Crippen molar-refractivity contribution in [2.75, 3.05) is 11.1 Å². The molecule has 0 spiro atoms. The van der Waals surface area contributed by atoms with Crippen LogP contribution in [-0.2, 0) is 0 Å². The Morgan fingerprint density at radius 2 is 2.57 bits per heavy atom. The molecule has 1 aromatic rings. The van der Waals surface area contributed by atoms with Gasteiger partial charge in [-0.1, -0.05) is 13.3 Å². The van der Waals surface area contributed by atoms with Crippen LogP contribution in [-0.4, -0.2) is 26.4 Å². The van der Waals surface area contributed by atoms with Crippen molar-refractivity contribution in [2.45, 2.75) is 37.5 Å².